The SMILES string of the molecule is COc1ccc(N)c(COCNc2ccccn2)c1. The van der Waals surface area contributed by atoms with Gasteiger partial charge in [-0.2, -0.15) is 0 Å². The molecule has 3 N–H and O–H groups in total. The molecule has 5 nitrogen and oxygen atoms in total. The second-order valence-electron chi connectivity index (χ2n) is 3.95. The van der Waals surface area contributed by atoms with E-state index in [-0.39, 0.29) is 0 Å². The minimum absolute atomic E-state index is 0.369. The molecule has 0 amide bonds. The summed E-state index contributed by atoms with van der Waals surface area (Å²) in [5.41, 5.74) is 7.47. The summed E-state index contributed by atoms with van der Waals surface area (Å²) in [6, 6.07) is 11.2. The average Bonchev–Trinajstić information content (AvgIpc) is 2.46. The van der Waals surface area contributed by atoms with Gasteiger partial charge in [0.25, 0.3) is 0 Å². The highest BCUT2D eigenvalue weighted by Gasteiger charge is 2.01. The molecule has 0 aliphatic heterocycles. The second-order valence-corrected chi connectivity index (χ2v) is 3.95. The van der Waals surface area contributed by atoms with Crippen molar-refractivity contribution in [3.05, 3.63) is 48.2 Å². The van der Waals surface area contributed by atoms with E-state index in [0.717, 1.165) is 17.1 Å². The van der Waals surface area contributed by atoms with Crippen molar-refractivity contribution in [2.24, 2.45) is 0 Å². The van der Waals surface area contributed by atoms with Crippen molar-refractivity contribution in [2.75, 3.05) is 24.9 Å². The van der Waals surface area contributed by atoms with Crippen LogP contribution in [0.15, 0.2) is 42.6 Å². The summed E-state index contributed by atoms with van der Waals surface area (Å²) in [7, 11) is 1.62. The molecule has 0 spiro atoms. The van der Waals surface area contributed by atoms with Gasteiger partial charge >= 0.3 is 0 Å². The normalized spacial score (nSPS) is 10.2. The molecular formula is C14H17N3O2. The summed E-state index contributed by atoms with van der Waals surface area (Å²) in [6.45, 7) is 0.788. The number of hydrogen-bond acceptors (Lipinski definition) is 5. The number of nitrogens with one attached hydrogen (secondary N) is 1. The lowest BCUT2D eigenvalue weighted by Gasteiger charge is -2.10. The fraction of sp³-hybridized carbons (Fsp3) is 0.214. The highest BCUT2D eigenvalue weighted by atomic mass is 16.5. The lowest BCUT2D eigenvalue weighted by molar-refractivity contribution is 0.138. The number of nitrogen functional groups attached to an aromatic ring is 1. The minimum Gasteiger partial charge on any atom is -0.497 e. The molecule has 0 saturated heterocycles. The van der Waals surface area contributed by atoms with Crippen LogP contribution in [-0.4, -0.2) is 18.8 Å². The number of methoxy groups -OCH3 is 1. The van der Waals surface area contributed by atoms with Gasteiger partial charge in [-0.3, -0.25) is 0 Å². The maximum atomic E-state index is 5.87. The van der Waals surface area contributed by atoms with E-state index in [4.69, 9.17) is 15.2 Å². The van der Waals surface area contributed by atoms with E-state index >= 15 is 0 Å². The molecule has 0 aliphatic carbocycles. The van der Waals surface area contributed by atoms with Crippen LogP contribution in [0.5, 0.6) is 5.75 Å². The van der Waals surface area contributed by atoms with E-state index in [1.807, 2.05) is 36.4 Å². The Labute approximate surface area is 112 Å². The number of nitrogens with zero attached hydrogens (tertiary/aromatic N) is 1. The number of pyridine rings is 1. The van der Waals surface area contributed by atoms with Crippen LogP contribution in [0.2, 0.25) is 0 Å². The summed E-state index contributed by atoms with van der Waals surface area (Å²) < 4.78 is 10.7. The molecule has 0 radical (unpaired) electrons. The predicted molar refractivity (Wildman–Crippen MR) is 74.9 cm³/mol. The first-order chi connectivity index (χ1) is 9.29. The van der Waals surface area contributed by atoms with Gasteiger partial charge in [-0.1, -0.05) is 6.07 Å². The fourth-order valence-corrected chi connectivity index (χ4v) is 1.59. The van der Waals surface area contributed by atoms with Gasteiger partial charge in [0.05, 0.1) is 13.7 Å². The van der Waals surface area contributed by atoms with Crippen molar-refractivity contribution in [1.82, 2.24) is 4.98 Å². The molecule has 0 saturated carbocycles. The molecule has 0 unspecified atom stereocenters. The molecule has 2 rings (SSSR count). The smallest absolute Gasteiger partial charge is 0.127 e. The highest BCUT2D eigenvalue weighted by Crippen LogP contribution is 2.20. The Balaban J connectivity index is 1.82. The predicted octanol–water partition coefficient (Wildman–Crippen LogP) is 2.26. The van der Waals surface area contributed by atoms with E-state index < -0.39 is 0 Å². The monoisotopic (exact) mass is 259 g/mol. The summed E-state index contributed by atoms with van der Waals surface area (Å²) in [5.74, 6) is 1.55. The van der Waals surface area contributed by atoms with E-state index in [0.29, 0.717) is 19.0 Å². The Morgan fingerprint density at radius 3 is 2.89 bits per heavy atom. The Kier molecular flexibility index (Phi) is 4.58. The molecule has 1 heterocycles. The van der Waals surface area contributed by atoms with Crippen molar-refractivity contribution in [1.29, 1.82) is 0 Å². The Morgan fingerprint density at radius 2 is 2.16 bits per heavy atom. The number of hydrogen-bond donors (Lipinski definition) is 2. The number of benzene rings is 1. The van der Waals surface area contributed by atoms with Crippen molar-refractivity contribution in [2.45, 2.75) is 6.61 Å². The molecule has 0 fully saturated rings. The molecule has 2 aromatic rings. The first-order valence-corrected chi connectivity index (χ1v) is 5.94. The summed E-state index contributed by atoms with van der Waals surface area (Å²) in [5, 5.41) is 3.06. The third-order valence-corrected chi connectivity index (χ3v) is 2.63. The van der Waals surface area contributed by atoms with Gasteiger partial charge in [0.1, 0.15) is 18.3 Å². The quantitative estimate of drug-likeness (QED) is 0.473. The highest BCUT2D eigenvalue weighted by molar-refractivity contribution is 5.50. The first kappa shape index (κ1) is 13.2. The molecule has 0 bridgehead atoms. The third-order valence-electron chi connectivity index (χ3n) is 2.63. The molecule has 1 aromatic heterocycles. The van der Waals surface area contributed by atoms with Crippen LogP contribution in [0.25, 0.3) is 0 Å². The van der Waals surface area contributed by atoms with Crippen LogP contribution < -0.4 is 15.8 Å². The molecule has 0 atom stereocenters. The van der Waals surface area contributed by atoms with Crippen molar-refractivity contribution in [3.8, 4) is 5.75 Å². The molecular weight excluding hydrogens is 242 g/mol. The van der Waals surface area contributed by atoms with Crippen molar-refractivity contribution >= 4 is 11.5 Å². The molecule has 100 valence electrons. The van der Waals surface area contributed by atoms with Gasteiger partial charge in [0.15, 0.2) is 0 Å². The number of nitrogens with two attached hydrogens (primary N) is 1. The van der Waals surface area contributed by atoms with Crippen LogP contribution in [0.1, 0.15) is 5.56 Å². The maximum absolute atomic E-state index is 5.87. The van der Waals surface area contributed by atoms with Gasteiger partial charge < -0.3 is 20.5 Å². The average molecular weight is 259 g/mol. The third kappa shape index (κ3) is 3.86. The Hall–Kier alpha value is -2.27. The van der Waals surface area contributed by atoms with Crippen LogP contribution in [0.4, 0.5) is 11.5 Å². The summed E-state index contributed by atoms with van der Waals surface area (Å²) >= 11 is 0. The fourth-order valence-electron chi connectivity index (χ4n) is 1.59. The van der Waals surface area contributed by atoms with Crippen LogP contribution in [0, 0.1) is 0 Å². The zero-order chi connectivity index (χ0) is 13.5. The second kappa shape index (κ2) is 6.61. The van der Waals surface area contributed by atoms with Gasteiger partial charge in [-0.15, -0.1) is 0 Å². The van der Waals surface area contributed by atoms with Gasteiger partial charge in [-0.05, 0) is 30.3 Å². The van der Waals surface area contributed by atoms with E-state index in [2.05, 4.69) is 10.3 Å². The molecule has 1 aromatic carbocycles. The molecule has 5 heteroatoms. The van der Waals surface area contributed by atoms with E-state index in [1.54, 1.807) is 13.3 Å². The standard InChI is InChI=1S/C14H17N3O2/c1-18-12-5-6-13(15)11(8-12)9-19-10-17-14-4-2-3-7-16-14/h2-8H,9-10,15H2,1H3,(H,16,17). The lowest BCUT2D eigenvalue weighted by Crippen LogP contribution is -2.08. The minimum atomic E-state index is 0.369. The number of ether oxygens (including phenoxy) is 2. The van der Waals surface area contributed by atoms with Crippen LogP contribution in [-0.2, 0) is 11.3 Å². The zero-order valence-electron chi connectivity index (χ0n) is 10.8. The topological polar surface area (TPSA) is 69.4 Å². The molecule has 19 heavy (non-hydrogen) atoms. The Morgan fingerprint density at radius 1 is 1.26 bits per heavy atom. The van der Waals surface area contributed by atoms with Gasteiger partial charge in [0, 0.05) is 17.4 Å². The maximum Gasteiger partial charge on any atom is 0.127 e. The summed E-state index contributed by atoms with van der Waals surface area (Å²) in [4.78, 5) is 4.13. The largest absolute Gasteiger partial charge is 0.497 e. The van der Waals surface area contributed by atoms with E-state index in [9.17, 15) is 0 Å². The molecule has 0 aliphatic rings. The van der Waals surface area contributed by atoms with Crippen LogP contribution >= 0.6 is 0 Å². The van der Waals surface area contributed by atoms with Gasteiger partial charge in [-0.25, -0.2) is 4.98 Å². The van der Waals surface area contributed by atoms with Crippen molar-refractivity contribution < 1.29 is 9.47 Å². The Bertz CT molecular complexity index is 517. The number of rotatable bonds is 6. The van der Waals surface area contributed by atoms with Gasteiger partial charge in [0.2, 0.25) is 0 Å². The zero-order valence-corrected chi connectivity index (χ0v) is 10.8. The lowest BCUT2D eigenvalue weighted by atomic mass is 10.2. The van der Waals surface area contributed by atoms with Crippen LogP contribution in [0.3, 0.4) is 0 Å². The number of aromatic nitrogens is 1. The summed E-state index contributed by atoms with van der Waals surface area (Å²) in [6.07, 6.45) is 1.72. The number of anilines is 2. The first-order valence-electron chi connectivity index (χ1n) is 5.94. The van der Waals surface area contributed by atoms with Crippen molar-refractivity contribution in [3.63, 3.8) is 0 Å². The van der Waals surface area contributed by atoms with E-state index in [1.165, 1.54) is 0 Å².